The number of hydrogen-bond donors (Lipinski definition) is 0. The van der Waals surface area contributed by atoms with Crippen LogP contribution in [0.25, 0.3) is 16.6 Å². The molecule has 1 heterocycles. The van der Waals surface area contributed by atoms with Crippen LogP contribution in [0.1, 0.15) is 28.4 Å². The lowest BCUT2D eigenvalue weighted by Crippen LogP contribution is -2.35. The number of anilines is 1. The minimum absolute atomic E-state index is 0.000559. The molecule has 5 rings (SSSR count). The lowest BCUT2D eigenvalue weighted by atomic mass is 10.1. The van der Waals surface area contributed by atoms with Gasteiger partial charge in [-0.2, -0.15) is 0 Å². The van der Waals surface area contributed by atoms with Crippen LogP contribution in [0.3, 0.4) is 0 Å². The van der Waals surface area contributed by atoms with Crippen molar-refractivity contribution in [3.8, 4) is 22.9 Å². The molecule has 0 saturated heterocycles. The molecule has 0 saturated carbocycles. The largest absolute Gasteiger partial charge is 0.497 e. The van der Waals surface area contributed by atoms with Crippen LogP contribution in [0.15, 0.2) is 89.9 Å². The third-order valence-electron chi connectivity index (χ3n) is 7.61. The van der Waals surface area contributed by atoms with Gasteiger partial charge in [-0.1, -0.05) is 40.2 Å². The molecule has 10 heteroatoms. The minimum atomic E-state index is -0.833. The van der Waals surface area contributed by atoms with Crippen molar-refractivity contribution in [3.05, 3.63) is 124 Å². The highest BCUT2D eigenvalue weighted by atomic mass is 79.9. The lowest BCUT2D eigenvalue weighted by molar-refractivity contribution is 0.0987. The van der Waals surface area contributed by atoms with Crippen molar-refractivity contribution >= 4 is 38.4 Å². The normalized spacial score (nSPS) is 11.0. The first kappa shape index (κ1) is 32.7. The number of methoxy groups -OCH3 is 2. The van der Waals surface area contributed by atoms with Crippen molar-refractivity contribution in [1.82, 2.24) is 4.57 Å². The fourth-order valence-corrected chi connectivity index (χ4v) is 5.70. The third-order valence-corrected chi connectivity index (χ3v) is 8.00. The van der Waals surface area contributed by atoms with Gasteiger partial charge in [0.2, 0.25) is 5.43 Å². The van der Waals surface area contributed by atoms with Gasteiger partial charge in [0.1, 0.15) is 34.4 Å². The molecule has 238 valence electrons. The van der Waals surface area contributed by atoms with E-state index in [0.717, 1.165) is 40.4 Å². The maximum Gasteiger partial charge on any atom is 0.263 e. The molecule has 7 nitrogen and oxygen atoms in total. The van der Waals surface area contributed by atoms with Crippen molar-refractivity contribution in [2.75, 3.05) is 37.6 Å². The van der Waals surface area contributed by atoms with Crippen LogP contribution in [-0.4, -0.2) is 43.2 Å². The number of carbonyl (C=O) groups is 1. The van der Waals surface area contributed by atoms with Gasteiger partial charge in [0.05, 0.1) is 32.0 Å². The van der Waals surface area contributed by atoms with Gasteiger partial charge in [-0.15, -0.1) is 0 Å². The Bertz CT molecular complexity index is 1890. The number of aryl methyl sites for hydroxylation is 1. The van der Waals surface area contributed by atoms with E-state index in [0.29, 0.717) is 41.5 Å². The molecule has 4 aromatic carbocycles. The van der Waals surface area contributed by atoms with Gasteiger partial charge < -0.3 is 23.7 Å². The fraction of sp³-hybridized carbons (Fsp3) is 0.222. The highest BCUT2D eigenvalue weighted by Gasteiger charge is 2.24. The Kier molecular flexibility index (Phi) is 10.4. The second-order valence-corrected chi connectivity index (χ2v) is 11.3. The molecule has 0 aliphatic rings. The molecule has 0 bridgehead atoms. The van der Waals surface area contributed by atoms with Crippen molar-refractivity contribution in [3.63, 3.8) is 0 Å². The standard InChI is InChI=1S/C36H33BrF2N2O5/c1-4-40(27-16-25(38)15-26(39)17-27)36(43)33-22-41(28-18-30(44-2)20-31(19-28)45-3)34-21-29(9-10-32(34)35(33)42)46-14-12-24-7-5-23(6-8-24)11-13-37/h5-10,15-22H,4,11-14H2,1-3H3. The quantitative estimate of drug-likeness (QED) is 0.127. The first-order chi connectivity index (χ1) is 22.2. The zero-order valence-electron chi connectivity index (χ0n) is 25.7. The van der Waals surface area contributed by atoms with Crippen LogP contribution in [0.4, 0.5) is 14.5 Å². The van der Waals surface area contributed by atoms with Gasteiger partial charge in [0, 0.05) is 65.9 Å². The fourth-order valence-electron chi connectivity index (χ4n) is 5.24. The second kappa shape index (κ2) is 14.6. The van der Waals surface area contributed by atoms with Gasteiger partial charge in [0.25, 0.3) is 5.91 Å². The number of halogens is 3. The molecular formula is C36H33BrF2N2O5. The van der Waals surface area contributed by atoms with Crippen LogP contribution in [0.5, 0.6) is 17.2 Å². The SMILES string of the molecule is CCN(C(=O)c1cn(-c2cc(OC)cc(OC)c2)c2cc(OCCc3ccc(CCBr)cc3)ccc2c1=O)c1cc(F)cc(F)c1. The summed E-state index contributed by atoms with van der Waals surface area (Å²) in [6.07, 6.45) is 3.08. The first-order valence-corrected chi connectivity index (χ1v) is 15.8. The number of pyridine rings is 1. The molecule has 0 unspecified atom stereocenters. The number of ether oxygens (including phenoxy) is 3. The van der Waals surface area contributed by atoms with E-state index in [4.69, 9.17) is 14.2 Å². The summed E-state index contributed by atoms with van der Waals surface area (Å²) in [5, 5.41) is 1.16. The highest BCUT2D eigenvalue weighted by Crippen LogP contribution is 2.29. The summed E-state index contributed by atoms with van der Waals surface area (Å²) in [6.45, 7) is 2.14. The van der Waals surface area contributed by atoms with E-state index in [-0.39, 0.29) is 23.2 Å². The second-order valence-electron chi connectivity index (χ2n) is 10.5. The Morgan fingerprint density at radius 1 is 0.826 bits per heavy atom. The molecule has 0 N–H and O–H groups in total. The Morgan fingerprint density at radius 2 is 1.46 bits per heavy atom. The van der Waals surface area contributed by atoms with E-state index < -0.39 is 23.0 Å². The number of nitrogens with zero attached hydrogens (tertiary/aromatic N) is 2. The van der Waals surface area contributed by atoms with Crippen LogP contribution in [0, 0.1) is 11.6 Å². The van der Waals surface area contributed by atoms with E-state index in [2.05, 4.69) is 40.2 Å². The summed E-state index contributed by atoms with van der Waals surface area (Å²) in [5.41, 5.74) is 2.71. The van der Waals surface area contributed by atoms with E-state index in [1.165, 1.54) is 26.0 Å². The maximum absolute atomic E-state index is 14.1. The molecule has 1 aromatic heterocycles. The molecule has 0 radical (unpaired) electrons. The monoisotopic (exact) mass is 690 g/mol. The van der Waals surface area contributed by atoms with Gasteiger partial charge >= 0.3 is 0 Å². The number of alkyl halides is 1. The van der Waals surface area contributed by atoms with Gasteiger partial charge in [-0.3, -0.25) is 9.59 Å². The number of aromatic nitrogens is 1. The summed E-state index contributed by atoms with van der Waals surface area (Å²) >= 11 is 3.47. The average Bonchev–Trinajstić information content (AvgIpc) is 3.05. The number of rotatable bonds is 12. The molecular weight excluding hydrogens is 658 g/mol. The molecule has 5 aromatic rings. The highest BCUT2D eigenvalue weighted by molar-refractivity contribution is 9.09. The number of benzene rings is 4. The molecule has 0 aliphatic heterocycles. The smallest absolute Gasteiger partial charge is 0.263 e. The zero-order valence-corrected chi connectivity index (χ0v) is 27.3. The number of hydrogen-bond acceptors (Lipinski definition) is 5. The summed E-state index contributed by atoms with van der Waals surface area (Å²) in [5.74, 6) is -0.843. The number of fused-ring (bicyclic) bond motifs is 1. The van der Waals surface area contributed by atoms with Crippen molar-refractivity contribution in [1.29, 1.82) is 0 Å². The molecule has 0 aliphatic carbocycles. The minimum Gasteiger partial charge on any atom is -0.497 e. The first-order valence-electron chi connectivity index (χ1n) is 14.7. The Labute approximate surface area is 274 Å². The zero-order chi connectivity index (χ0) is 32.8. The van der Waals surface area contributed by atoms with Gasteiger partial charge in [0.15, 0.2) is 0 Å². The molecule has 46 heavy (non-hydrogen) atoms. The van der Waals surface area contributed by atoms with Gasteiger partial charge in [-0.25, -0.2) is 8.78 Å². The molecule has 0 fully saturated rings. The third kappa shape index (κ3) is 7.23. The van der Waals surface area contributed by atoms with Crippen molar-refractivity contribution in [2.45, 2.75) is 19.8 Å². The van der Waals surface area contributed by atoms with Crippen LogP contribution in [-0.2, 0) is 12.8 Å². The topological polar surface area (TPSA) is 70.0 Å². The Hall–Kier alpha value is -4.70. The summed E-state index contributed by atoms with van der Waals surface area (Å²) in [6, 6.07) is 21.5. The Balaban J connectivity index is 1.57. The van der Waals surface area contributed by atoms with Crippen molar-refractivity contribution in [2.24, 2.45) is 0 Å². The molecule has 0 atom stereocenters. The molecule has 0 spiro atoms. The maximum atomic E-state index is 14.1. The van der Waals surface area contributed by atoms with E-state index in [1.54, 1.807) is 47.9 Å². The van der Waals surface area contributed by atoms with E-state index in [1.807, 2.05) is 0 Å². The number of carbonyl (C=O) groups excluding carboxylic acids is 1. The predicted octanol–water partition coefficient (Wildman–Crippen LogP) is 7.51. The summed E-state index contributed by atoms with van der Waals surface area (Å²) in [4.78, 5) is 28.9. The summed E-state index contributed by atoms with van der Waals surface area (Å²) in [7, 11) is 3.05. The Morgan fingerprint density at radius 3 is 2.04 bits per heavy atom. The number of amides is 1. The van der Waals surface area contributed by atoms with Crippen LogP contribution < -0.4 is 24.5 Å². The predicted molar refractivity (Wildman–Crippen MR) is 179 cm³/mol. The van der Waals surface area contributed by atoms with Crippen molar-refractivity contribution < 1.29 is 27.8 Å². The summed E-state index contributed by atoms with van der Waals surface area (Å²) < 4.78 is 46.9. The van der Waals surface area contributed by atoms with Gasteiger partial charge in [-0.05, 0) is 48.7 Å². The average molecular weight is 692 g/mol. The lowest BCUT2D eigenvalue weighted by Gasteiger charge is -2.22. The van der Waals surface area contributed by atoms with E-state index >= 15 is 0 Å². The van der Waals surface area contributed by atoms with Crippen LogP contribution in [0.2, 0.25) is 0 Å². The van der Waals surface area contributed by atoms with E-state index in [9.17, 15) is 18.4 Å². The van der Waals surface area contributed by atoms with Crippen LogP contribution >= 0.6 is 15.9 Å². The molecule has 1 amide bonds.